The van der Waals surface area contributed by atoms with Gasteiger partial charge in [0, 0.05) is 29.9 Å². The van der Waals surface area contributed by atoms with Crippen LogP contribution in [0.3, 0.4) is 0 Å². The standard InChI is InChI=1S/C19H21N3O5/c1-4-18(23)21-17-11-14(6-5-12(17)2)20-19(24)13(3)27-16-9-7-15(8-10-16)22(25)26/h5-11,13H,4H2,1-3H3,(H,20,24)(H,21,23). The van der Waals surface area contributed by atoms with Crippen molar-refractivity contribution >= 4 is 28.9 Å². The Morgan fingerprint density at radius 3 is 2.41 bits per heavy atom. The third-order valence-electron chi connectivity index (χ3n) is 3.83. The third kappa shape index (κ3) is 5.53. The van der Waals surface area contributed by atoms with Crippen LogP contribution in [-0.2, 0) is 9.59 Å². The first kappa shape index (κ1) is 19.9. The second-order valence-electron chi connectivity index (χ2n) is 5.93. The number of ether oxygens (including phenoxy) is 1. The molecule has 2 aromatic rings. The summed E-state index contributed by atoms with van der Waals surface area (Å²) in [5, 5.41) is 16.2. The predicted octanol–water partition coefficient (Wildman–Crippen LogP) is 3.66. The molecule has 0 aromatic heterocycles. The average molecular weight is 371 g/mol. The number of hydrogen-bond donors (Lipinski definition) is 2. The molecule has 0 saturated carbocycles. The molecule has 2 amide bonds. The van der Waals surface area contributed by atoms with Gasteiger partial charge in [-0.05, 0) is 43.7 Å². The maximum absolute atomic E-state index is 12.3. The van der Waals surface area contributed by atoms with Gasteiger partial charge in [-0.3, -0.25) is 19.7 Å². The first-order valence-corrected chi connectivity index (χ1v) is 8.42. The number of nitro benzene ring substituents is 1. The van der Waals surface area contributed by atoms with E-state index in [9.17, 15) is 19.7 Å². The van der Waals surface area contributed by atoms with Crippen LogP contribution in [0.15, 0.2) is 42.5 Å². The van der Waals surface area contributed by atoms with Gasteiger partial charge in [0.1, 0.15) is 5.75 Å². The molecule has 0 fully saturated rings. The average Bonchev–Trinajstić information content (AvgIpc) is 2.64. The molecule has 2 aromatic carbocycles. The molecular formula is C19H21N3O5. The predicted molar refractivity (Wildman–Crippen MR) is 102 cm³/mol. The number of carbonyl (C=O) groups is 2. The summed E-state index contributed by atoms with van der Waals surface area (Å²) < 4.78 is 5.51. The molecule has 0 aliphatic rings. The minimum absolute atomic E-state index is 0.0548. The van der Waals surface area contributed by atoms with E-state index in [1.807, 2.05) is 6.92 Å². The lowest BCUT2D eigenvalue weighted by atomic mass is 10.1. The summed E-state index contributed by atoms with van der Waals surface area (Å²) in [6.07, 6.45) is -0.461. The highest BCUT2D eigenvalue weighted by atomic mass is 16.6. The van der Waals surface area contributed by atoms with E-state index in [0.717, 1.165) is 5.56 Å². The number of carbonyl (C=O) groups excluding carboxylic acids is 2. The Morgan fingerprint density at radius 1 is 1.15 bits per heavy atom. The fraction of sp³-hybridized carbons (Fsp3) is 0.263. The van der Waals surface area contributed by atoms with E-state index in [0.29, 0.717) is 23.5 Å². The molecule has 1 unspecified atom stereocenters. The number of anilines is 2. The fourth-order valence-electron chi connectivity index (χ4n) is 2.22. The number of nitro groups is 1. The van der Waals surface area contributed by atoms with Crippen LogP contribution < -0.4 is 15.4 Å². The lowest BCUT2D eigenvalue weighted by molar-refractivity contribution is -0.384. The molecular weight excluding hydrogens is 350 g/mol. The van der Waals surface area contributed by atoms with Crippen molar-refractivity contribution in [1.29, 1.82) is 0 Å². The fourth-order valence-corrected chi connectivity index (χ4v) is 2.22. The summed E-state index contributed by atoms with van der Waals surface area (Å²) in [7, 11) is 0. The SMILES string of the molecule is CCC(=O)Nc1cc(NC(=O)C(C)Oc2ccc([N+](=O)[O-])cc2)ccc1C. The molecule has 0 spiro atoms. The lowest BCUT2D eigenvalue weighted by Crippen LogP contribution is -2.30. The number of hydrogen-bond acceptors (Lipinski definition) is 5. The van der Waals surface area contributed by atoms with Gasteiger partial charge in [0.15, 0.2) is 6.10 Å². The van der Waals surface area contributed by atoms with Gasteiger partial charge in [0.05, 0.1) is 4.92 Å². The van der Waals surface area contributed by atoms with Crippen LogP contribution in [0.2, 0.25) is 0 Å². The van der Waals surface area contributed by atoms with Gasteiger partial charge in [0.2, 0.25) is 5.91 Å². The van der Waals surface area contributed by atoms with E-state index in [1.54, 1.807) is 32.0 Å². The van der Waals surface area contributed by atoms with Crippen molar-refractivity contribution in [3.05, 3.63) is 58.1 Å². The maximum Gasteiger partial charge on any atom is 0.269 e. The highest BCUT2D eigenvalue weighted by Crippen LogP contribution is 2.22. The molecule has 2 rings (SSSR count). The molecule has 1 atom stereocenters. The van der Waals surface area contributed by atoms with Crippen molar-refractivity contribution in [3.63, 3.8) is 0 Å². The van der Waals surface area contributed by atoms with Crippen LogP contribution in [0.5, 0.6) is 5.75 Å². The van der Waals surface area contributed by atoms with Crippen LogP contribution >= 0.6 is 0 Å². The molecule has 0 radical (unpaired) electrons. The first-order valence-electron chi connectivity index (χ1n) is 8.42. The van der Waals surface area contributed by atoms with Gasteiger partial charge in [-0.25, -0.2) is 0 Å². The summed E-state index contributed by atoms with van der Waals surface area (Å²) in [5.74, 6) is -0.149. The van der Waals surface area contributed by atoms with Gasteiger partial charge in [-0.2, -0.15) is 0 Å². The Kier molecular flexibility index (Phi) is 6.48. The first-order chi connectivity index (χ1) is 12.8. The number of benzene rings is 2. The molecule has 27 heavy (non-hydrogen) atoms. The van der Waals surface area contributed by atoms with E-state index >= 15 is 0 Å². The zero-order valence-electron chi connectivity index (χ0n) is 15.3. The zero-order chi connectivity index (χ0) is 20.0. The molecule has 142 valence electrons. The summed E-state index contributed by atoms with van der Waals surface area (Å²) in [5.41, 5.74) is 1.98. The Balaban J connectivity index is 2.02. The second-order valence-corrected chi connectivity index (χ2v) is 5.93. The van der Waals surface area contributed by atoms with Gasteiger partial charge < -0.3 is 15.4 Å². The van der Waals surface area contributed by atoms with Gasteiger partial charge in [-0.1, -0.05) is 13.0 Å². The number of non-ortho nitro benzene ring substituents is 1. The monoisotopic (exact) mass is 371 g/mol. The number of nitrogens with one attached hydrogen (secondary N) is 2. The largest absolute Gasteiger partial charge is 0.481 e. The van der Waals surface area contributed by atoms with Crippen molar-refractivity contribution in [2.24, 2.45) is 0 Å². The molecule has 0 saturated heterocycles. The molecule has 0 heterocycles. The van der Waals surface area contributed by atoms with E-state index in [-0.39, 0.29) is 17.5 Å². The molecule has 0 bridgehead atoms. The van der Waals surface area contributed by atoms with Crippen molar-refractivity contribution in [1.82, 2.24) is 0 Å². The van der Waals surface area contributed by atoms with Gasteiger partial charge >= 0.3 is 0 Å². The van der Waals surface area contributed by atoms with E-state index < -0.39 is 11.0 Å². The van der Waals surface area contributed by atoms with Crippen LogP contribution in [-0.4, -0.2) is 22.8 Å². The van der Waals surface area contributed by atoms with Crippen LogP contribution in [0, 0.1) is 17.0 Å². The normalized spacial score (nSPS) is 11.4. The van der Waals surface area contributed by atoms with Crippen molar-refractivity contribution in [2.75, 3.05) is 10.6 Å². The Labute approximate surface area is 156 Å². The van der Waals surface area contributed by atoms with Gasteiger partial charge in [0.25, 0.3) is 11.6 Å². The van der Waals surface area contributed by atoms with Crippen LogP contribution in [0.1, 0.15) is 25.8 Å². The topological polar surface area (TPSA) is 111 Å². The van der Waals surface area contributed by atoms with Crippen molar-refractivity contribution in [3.8, 4) is 5.75 Å². The van der Waals surface area contributed by atoms with Crippen molar-refractivity contribution in [2.45, 2.75) is 33.3 Å². The minimum Gasteiger partial charge on any atom is -0.481 e. The maximum atomic E-state index is 12.3. The van der Waals surface area contributed by atoms with Crippen molar-refractivity contribution < 1.29 is 19.2 Å². The molecule has 8 nitrogen and oxygen atoms in total. The molecule has 8 heteroatoms. The Morgan fingerprint density at radius 2 is 1.81 bits per heavy atom. The number of nitrogens with zero attached hydrogens (tertiary/aromatic N) is 1. The number of rotatable bonds is 7. The minimum atomic E-state index is -0.818. The summed E-state index contributed by atoms with van der Waals surface area (Å²) in [6, 6.07) is 10.7. The zero-order valence-corrected chi connectivity index (χ0v) is 15.3. The summed E-state index contributed by atoms with van der Waals surface area (Å²) in [4.78, 5) is 34.1. The summed E-state index contributed by atoms with van der Waals surface area (Å²) in [6.45, 7) is 5.19. The molecule has 0 aliphatic carbocycles. The third-order valence-corrected chi connectivity index (χ3v) is 3.83. The highest BCUT2D eigenvalue weighted by Gasteiger charge is 2.16. The summed E-state index contributed by atoms with van der Waals surface area (Å²) >= 11 is 0. The van der Waals surface area contributed by atoms with Crippen LogP contribution in [0.4, 0.5) is 17.1 Å². The Bertz CT molecular complexity index is 849. The van der Waals surface area contributed by atoms with E-state index in [4.69, 9.17) is 4.74 Å². The number of aryl methyl sites for hydroxylation is 1. The smallest absolute Gasteiger partial charge is 0.269 e. The molecule has 0 aliphatic heterocycles. The quantitative estimate of drug-likeness (QED) is 0.570. The highest BCUT2D eigenvalue weighted by molar-refractivity contribution is 5.96. The second kappa shape index (κ2) is 8.79. The van der Waals surface area contributed by atoms with E-state index in [2.05, 4.69) is 10.6 Å². The van der Waals surface area contributed by atoms with E-state index in [1.165, 1.54) is 24.3 Å². The lowest BCUT2D eigenvalue weighted by Gasteiger charge is -2.16. The molecule has 2 N–H and O–H groups in total. The number of amides is 2. The van der Waals surface area contributed by atoms with Crippen LogP contribution in [0.25, 0.3) is 0 Å². The Hall–Kier alpha value is -3.42. The van der Waals surface area contributed by atoms with Gasteiger partial charge in [-0.15, -0.1) is 0 Å².